The highest BCUT2D eigenvalue weighted by Crippen LogP contribution is 2.31. The molecule has 3 rings (SSSR count). The van der Waals surface area contributed by atoms with Gasteiger partial charge in [-0.25, -0.2) is 4.79 Å². The van der Waals surface area contributed by atoms with Gasteiger partial charge in [0.2, 0.25) is 5.91 Å². The molecule has 2 aromatic rings. The molecule has 33 heavy (non-hydrogen) atoms. The van der Waals surface area contributed by atoms with E-state index in [-0.39, 0.29) is 23.8 Å². The van der Waals surface area contributed by atoms with E-state index in [0.717, 1.165) is 16.9 Å². The molecule has 0 saturated carbocycles. The summed E-state index contributed by atoms with van der Waals surface area (Å²) in [5.74, 6) is -1.10. The summed E-state index contributed by atoms with van der Waals surface area (Å²) in [4.78, 5) is 48.5. The number of nitrogens with one attached hydrogen (secondary N) is 2. The van der Waals surface area contributed by atoms with E-state index in [9.17, 15) is 24.5 Å². The van der Waals surface area contributed by atoms with Crippen LogP contribution in [0.2, 0.25) is 0 Å². The molecule has 0 unspecified atom stereocenters. The van der Waals surface area contributed by atoms with Gasteiger partial charge in [0.05, 0.1) is 11.5 Å². The minimum absolute atomic E-state index is 0.00129. The minimum atomic E-state index is -0.887. The van der Waals surface area contributed by atoms with Gasteiger partial charge in [-0.05, 0) is 50.1 Å². The highest BCUT2D eigenvalue weighted by molar-refractivity contribution is 5.97. The molecule has 0 fully saturated rings. The lowest BCUT2D eigenvalue weighted by atomic mass is 10.00. The maximum absolute atomic E-state index is 12.3. The number of amides is 2. The van der Waals surface area contributed by atoms with Gasteiger partial charge in [-0.3, -0.25) is 19.7 Å². The summed E-state index contributed by atoms with van der Waals surface area (Å²) in [7, 11) is 0. The smallest absolute Gasteiger partial charge is 0.328 e. The Balaban J connectivity index is 1.52. The fourth-order valence-corrected chi connectivity index (χ4v) is 3.61. The zero-order valence-corrected chi connectivity index (χ0v) is 18.5. The van der Waals surface area contributed by atoms with Crippen molar-refractivity contribution in [2.45, 2.75) is 32.7 Å². The van der Waals surface area contributed by atoms with Crippen molar-refractivity contribution in [2.75, 3.05) is 29.9 Å². The van der Waals surface area contributed by atoms with Crippen molar-refractivity contribution < 1.29 is 24.0 Å². The summed E-state index contributed by atoms with van der Waals surface area (Å²) in [5, 5.41) is 16.1. The average Bonchev–Trinajstić information content (AvgIpc) is 2.81. The van der Waals surface area contributed by atoms with Crippen LogP contribution in [-0.4, -0.2) is 48.4 Å². The first-order valence-electron chi connectivity index (χ1n) is 10.7. The third kappa shape index (κ3) is 5.85. The van der Waals surface area contributed by atoms with Crippen molar-refractivity contribution >= 4 is 34.8 Å². The lowest BCUT2D eigenvalue weighted by Gasteiger charge is -2.29. The molecule has 174 valence electrons. The Hall–Kier alpha value is -3.95. The van der Waals surface area contributed by atoms with Crippen molar-refractivity contribution in [3.63, 3.8) is 0 Å². The van der Waals surface area contributed by atoms with Gasteiger partial charge >= 0.3 is 5.97 Å². The molecule has 2 amide bonds. The minimum Gasteiger partial charge on any atom is -0.462 e. The van der Waals surface area contributed by atoms with Crippen molar-refractivity contribution in [1.82, 2.24) is 5.32 Å². The van der Waals surface area contributed by atoms with Gasteiger partial charge in [-0.1, -0.05) is 6.07 Å². The lowest BCUT2D eigenvalue weighted by molar-refractivity contribution is -0.384. The second-order valence-corrected chi connectivity index (χ2v) is 7.60. The van der Waals surface area contributed by atoms with Gasteiger partial charge in [0.1, 0.15) is 12.6 Å². The van der Waals surface area contributed by atoms with Gasteiger partial charge in [-0.2, -0.15) is 0 Å². The number of nitro benzene ring substituents is 1. The zero-order chi connectivity index (χ0) is 24.0. The second kappa shape index (κ2) is 10.6. The highest BCUT2D eigenvalue weighted by atomic mass is 16.6. The third-order valence-electron chi connectivity index (χ3n) is 5.40. The predicted octanol–water partition coefficient (Wildman–Crippen LogP) is 2.67. The molecule has 0 bridgehead atoms. The first-order chi connectivity index (χ1) is 15.8. The van der Waals surface area contributed by atoms with E-state index in [1.165, 1.54) is 31.2 Å². The van der Waals surface area contributed by atoms with Crippen LogP contribution in [0, 0.1) is 10.1 Å². The topological polar surface area (TPSA) is 131 Å². The molecule has 1 aliphatic rings. The average molecular weight is 454 g/mol. The van der Waals surface area contributed by atoms with Crippen LogP contribution in [0.1, 0.15) is 36.2 Å². The number of carbonyl (C=O) groups is 3. The van der Waals surface area contributed by atoms with E-state index in [1.54, 1.807) is 0 Å². The highest BCUT2D eigenvalue weighted by Gasteiger charge is 2.21. The number of anilines is 2. The maximum Gasteiger partial charge on any atom is 0.328 e. The summed E-state index contributed by atoms with van der Waals surface area (Å²) in [6.07, 6.45) is 1.09. The molecule has 2 aromatic carbocycles. The number of benzene rings is 2. The van der Waals surface area contributed by atoms with E-state index in [1.807, 2.05) is 25.1 Å². The van der Waals surface area contributed by atoms with Crippen molar-refractivity contribution in [1.29, 1.82) is 0 Å². The fraction of sp³-hybridized carbons (Fsp3) is 0.348. The molecule has 2 N–H and O–H groups in total. The number of ether oxygens (including phenoxy) is 1. The van der Waals surface area contributed by atoms with Gasteiger partial charge in [0.15, 0.2) is 0 Å². The molecule has 0 aromatic heterocycles. The number of likely N-dealkylation sites (N-methyl/N-ethyl adjacent to an activating group) is 1. The number of esters is 1. The van der Waals surface area contributed by atoms with E-state index in [2.05, 4.69) is 15.5 Å². The molecule has 0 aliphatic carbocycles. The van der Waals surface area contributed by atoms with Gasteiger partial charge in [0.25, 0.3) is 11.6 Å². The number of non-ortho nitro benzene ring substituents is 1. The molecule has 10 nitrogen and oxygen atoms in total. The summed E-state index contributed by atoms with van der Waals surface area (Å²) in [6.45, 7) is 4.78. The Labute approximate surface area is 191 Å². The zero-order valence-electron chi connectivity index (χ0n) is 18.5. The van der Waals surface area contributed by atoms with E-state index < -0.39 is 22.8 Å². The molecule has 10 heteroatoms. The summed E-state index contributed by atoms with van der Waals surface area (Å²) >= 11 is 0. The van der Waals surface area contributed by atoms with Crippen molar-refractivity contribution in [2.24, 2.45) is 0 Å². The Bertz CT molecular complexity index is 1050. The quantitative estimate of drug-likeness (QED) is 0.338. The number of nitrogens with zero attached hydrogens (tertiary/aromatic N) is 2. The number of hydrogen-bond acceptors (Lipinski definition) is 7. The second-order valence-electron chi connectivity index (χ2n) is 7.60. The van der Waals surface area contributed by atoms with Crippen LogP contribution in [0.3, 0.4) is 0 Å². The Kier molecular flexibility index (Phi) is 7.60. The predicted molar refractivity (Wildman–Crippen MR) is 122 cm³/mol. The summed E-state index contributed by atoms with van der Waals surface area (Å²) in [5.41, 5.74) is 2.95. The molecule has 0 spiro atoms. The fourth-order valence-electron chi connectivity index (χ4n) is 3.61. The Morgan fingerprint density at radius 3 is 2.61 bits per heavy atom. The lowest BCUT2D eigenvalue weighted by Crippen LogP contribution is -2.40. The monoisotopic (exact) mass is 454 g/mol. The van der Waals surface area contributed by atoms with E-state index in [0.29, 0.717) is 25.9 Å². The SMILES string of the molecule is CCN(CCOC(=O)[C@H](C)NC(=O)c1ccc([N+](=O)[O-])cc1)c1cccc2c1CCC(=O)N2. The summed E-state index contributed by atoms with van der Waals surface area (Å²) in [6, 6.07) is 9.96. The van der Waals surface area contributed by atoms with Gasteiger partial charge in [-0.15, -0.1) is 0 Å². The van der Waals surface area contributed by atoms with Crippen LogP contribution in [0.5, 0.6) is 0 Å². The Morgan fingerprint density at radius 1 is 1.21 bits per heavy atom. The van der Waals surface area contributed by atoms with Crippen LogP contribution < -0.4 is 15.5 Å². The third-order valence-corrected chi connectivity index (χ3v) is 5.40. The molecule has 0 saturated heterocycles. The number of fused-ring (bicyclic) bond motifs is 1. The van der Waals surface area contributed by atoms with Crippen LogP contribution in [0.25, 0.3) is 0 Å². The number of rotatable bonds is 9. The molecule has 1 atom stereocenters. The summed E-state index contributed by atoms with van der Waals surface area (Å²) < 4.78 is 5.35. The Morgan fingerprint density at radius 2 is 1.94 bits per heavy atom. The largest absolute Gasteiger partial charge is 0.462 e. The van der Waals surface area contributed by atoms with Gasteiger partial charge < -0.3 is 20.3 Å². The number of nitro groups is 1. The number of carbonyl (C=O) groups excluding carboxylic acids is 3. The van der Waals surface area contributed by atoms with Crippen LogP contribution in [0.4, 0.5) is 17.1 Å². The molecule has 1 aliphatic heterocycles. The first kappa shape index (κ1) is 23.7. The maximum atomic E-state index is 12.3. The first-order valence-corrected chi connectivity index (χ1v) is 10.7. The van der Waals surface area contributed by atoms with Crippen molar-refractivity contribution in [3.8, 4) is 0 Å². The number of hydrogen-bond donors (Lipinski definition) is 2. The van der Waals surface area contributed by atoms with Gasteiger partial charge in [0, 0.05) is 42.0 Å². The molecule has 0 radical (unpaired) electrons. The van der Waals surface area contributed by atoms with Crippen LogP contribution in [-0.2, 0) is 20.7 Å². The molecular formula is C23H26N4O6. The molecule has 1 heterocycles. The van der Waals surface area contributed by atoms with Crippen LogP contribution >= 0.6 is 0 Å². The normalized spacial score (nSPS) is 13.3. The van der Waals surface area contributed by atoms with E-state index in [4.69, 9.17) is 4.74 Å². The molecular weight excluding hydrogens is 428 g/mol. The van der Waals surface area contributed by atoms with Crippen LogP contribution in [0.15, 0.2) is 42.5 Å². The van der Waals surface area contributed by atoms with Crippen molar-refractivity contribution in [3.05, 3.63) is 63.7 Å². The standard InChI is InChI=1S/C23H26N4O6/c1-3-26(20-6-4-5-19-18(20)11-12-21(28)25-19)13-14-33-23(30)15(2)24-22(29)16-7-9-17(10-8-16)27(31)32/h4-10,15H,3,11-14H2,1-2H3,(H,24,29)(H,25,28)/t15-/m0/s1. The van der Waals surface area contributed by atoms with E-state index >= 15 is 0 Å².